The van der Waals surface area contributed by atoms with Crippen LogP contribution in [0.25, 0.3) is 0 Å². The molecule has 0 saturated heterocycles. The van der Waals surface area contributed by atoms with Gasteiger partial charge in [-0.2, -0.15) is 0 Å². The predicted molar refractivity (Wildman–Crippen MR) is 43.8 cm³/mol. The zero-order valence-corrected chi connectivity index (χ0v) is 7.85. The van der Waals surface area contributed by atoms with E-state index in [4.69, 9.17) is 4.74 Å². The second-order valence-electron chi connectivity index (χ2n) is 3.72. The minimum absolute atomic E-state index is 0.0625. The minimum Gasteiger partial charge on any atom is -0.466 e. The first-order valence-corrected chi connectivity index (χ1v) is 4.45. The summed E-state index contributed by atoms with van der Waals surface area (Å²) in [5.74, 6) is -0.488. The van der Waals surface area contributed by atoms with E-state index >= 15 is 0 Å². The Balaban J connectivity index is 2.63. The number of hydrogen-bond donors (Lipinski definition) is 0. The van der Waals surface area contributed by atoms with Crippen molar-refractivity contribution in [2.24, 2.45) is 5.41 Å². The molecule has 0 amide bonds. The van der Waals surface area contributed by atoms with Gasteiger partial charge in [0.1, 0.15) is 12.3 Å². The lowest BCUT2D eigenvalue weighted by atomic mass is 9.89. The Hall–Kier alpha value is -0.670. The minimum atomic E-state index is -1.52. The molecular weight excluding hydrogens is 177 g/mol. The molecule has 0 heterocycles. The average molecular weight is 191 g/mol. The van der Waals surface area contributed by atoms with Crippen LogP contribution in [0.4, 0.5) is 8.78 Å². The third-order valence-corrected chi connectivity index (χ3v) is 2.45. The summed E-state index contributed by atoms with van der Waals surface area (Å²) in [6.45, 7) is 3.48. The molecular formula is C9H14F2O2. The Kier molecular flexibility index (Phi) is 2.88. The molecule has 1 rings (SSSR count). The maximum atomic E-state index is 12.8. The standard InChI is InChI=1S/C9H14F2O2/c1-3-13-8(12)9(2)4-6(10)7(11)5-9/h6-7H,3-5H2,1-2H3/t6-,7-/m1/s1/i10-1/t6-,7-,9-. The van der Waals surface area contributed by atoms with Crippen LogP contribution < -0.4 is 0 Å². The summed E-state index contributed by atoms with van der Waals surface area (Å²) >= 11 is 0. The van der Waals surface area contributed by atoms with Crippen molar-refractivity contribution in [2.45, 2.75) is 39.0 Å². The highest BCUT2D eigenvalue weighted by Crippen LogP contribution is 2.41. The van der Waals surface area contributed by atoms with Gasteiger partial charge in [-0.25, -0.2) is 8.78 Å². The molecule has 0 N–H and O–H groups in total. The van der Waals surface area contributed by atoms with Crippen molar-refractivity contribution in [1.82, 2.24) is 0 Å². The molecule has 1 aliphatic rings. The van der Waals surface area contributed by atoms with Gasteiger partial charge < -0.3 is 4.74 Å². The molecule has 4 heteroatoms. The van der Waals surface area contributed by atoms with Crippen LogP contribution >= 0.6 is 0 Å². The second-order valence-corrected chi connectivity index (χ2v) is 3.72. The Morgan fingerprint density at radius 1 is 1.46 bits per heavy atom. The lowest BCUT2D eigenvalue weighted by molar-refractivity contribution is -0.154. The van der Waals surface area contributed by atoms with Crippen molar-refractivity contribution < 1.29 is 18.3 Å². The maximum Gasteiger partial charge on any atom is 0.311 e. The highest BCUT2D eigenvalue weighted by molar-refractivity contribution is 5.77. The van der Waals surface area contributed by atoms with E-state index in [1.54, 1.807) is 13.8 Å². The first kappa shape index (κ1) is 10.4. The quantitative estimate of drug-likeness (QED) is 0.624. The van der Waals surface area contributed by atoms with E-state index in [2.05, 4.69) is 0 Å². The van der Waals surface area contributed by atoms with Gasteiger partial charge in [0.05, 0.1) is 12.0 Å². The zero-order chi connectivity index (χ0) is 10.1. The van der Waals surface area contributed by atoms with Gasteiger partial charge in [0.25, 0.3) is 0 Å². The maximum absolute atomic E-state index is 12.8. The van der Waals surface area contributed by atoms with Gasteiger partial charge in [0, 0.05) is 0 Å². The molecule has 0 radical (unpaired) electrons. The molecule has 1 fully saturated rings. The van der Waals surface area contributed by atoms with Crippen molar-refractivity contribution in [3.8, 4) is 0 Å². The highest BCUT2D eigenvalue weighted by Gasteiger charge is 2.48. The largest absolute Gasteiger partial charge is 0.466 e. The number of alkyl halides is 2. The third kappa shape index (κ3) is 1.98. The molecule has 76 valence electrons. The predicted octanol–water partition coefficient (Wildman–Crippen LogP) is 2.03. The van der Waals surface area contributed by atoms with Gasteiger partial charge in [0.2, 0.25) is 0 Å². The Morgan fingerprint density at radius 3 is 2.31 bits per heavy atom. The van der Waals surface area contributed by atoms with Crippen LogP contribution in [0.15, 0.2) is 0 Å². The van der Waals surface area contributed by atoms with Crippen molar-refractivity contribution >= 4 is 5.97 Å². The summed E-state index contributed by atoms with van der Waals surface area (Å²) in [5, 5.41) is 0. The summed E-state index contributed by atoms with van der Waals surface area (Å²) < 4.78 is 30.4. The van der Waals surface area contributed by atoms with Crippen LogP contribution in [-0.4, -0.2) is 24.9 Å². The van der Waals surface area contributed by atoms with E-state index in [1.165, 1.54) is 0 Å². The summed E-state index contributed by atoms with van der Waals surface area (Å²) in [7, 11) is 0. The molecule has 0 unspecified atom stereocenters. The molecule has 0 aromatic rings. The fourth-order valence-corrected chi connectivity index (χ4v) is 1.67. The van der Waals surface area contributed by atoms with Gasteiger partial charge in [-0.05, 0) is 26.7 Å². The van der Waals surface area contributed by atoms with Crippen molar-refractivity contribution in [1.29, 1.82) is 0 Å². The topological polar surface area (TPSA) is 26.3 Å². The summed E-state index contributed by atoms with van der Waals surface area (Å²) in [5.41, 5.74) is -0.963. The number of esters is 1. The van der Waals surface area contributed by atoms with E-state index in [9.17, 15) is 13.6 Å². The second kappa shape index (κ2) is 3.60. The third-order valence-electron chi connectivity index (χ3n) is 2.45. The molecule has 0 aromatic heterocycles. The lowest BCUT2D eigenvalue weighted by Gasteiger charge is -2.19. The number of halogens is 2. The van der Waals surface area contributed by atoms with E-state index in [-0.39, 0.29) is 19.4 Å². The van der Waals surface area contributed by atoms with Crippen LogP contribution in [0.3, 0.4) is 0 Å². The van der Waals surface area contributed by atoms with Crippen molar-refractivity contribution in [2.75, 3.05) is 6.61 Å². The number of carbonyl (C=O) groups is 1. The van der Waals surface area contributed by atoms with E-state index in [0.29, 0.717) is 0 Å². The van der Waals surface area contributed by atoms with Gasteiger partial charge in [-0.3, -0.25) is 4.79 Å². The fraction of sp³-hybridized carbons (Fsp3) is 0.889. The van der Waals surface area contributed by atoms with Crippen LogP contribution in [0.1, 0.15) is 26.7 Å². The first-order chi connectivity index (χ1) is 5.99. The summed E-state index contributed by atoms with van der Waals surface area (Å²) in [4.78, 5) is 11.3. The van der Waals surface area contributed by atoms with Gasteiger partial charge in [-0.1, -0.05) is 0 Å². The molecule has 0 spiro atoms. The number of carbonyl (C=O) groups excluding carboxylic acids is 1. The van der Waals surface area contributed by atoms with Gasteiger partial charge in [0.15, 0.2) is 0 Å². The molecule has 13 heavy (non-hydrogen) atoms. The van der Waals surface area contributed by atoms with E-state index in [1.807, 2.05) is 0 Å². The first-order valence-electron chi connectivity index (χ1n) is 4.45. The normalized spacial score (nSPS) is 39.1. The van der Waals surface area contributed by atoms with Gasteiger partial charge in [-0.15, -0.1) is 0 Å². The van der Waals surface area contributed by atoms with Crippen LogP contribution in [0.2, 0.25) is 0 Å². The average Bonchev–Trinajstić information content (AvgIpc) is 2.28. The molecule has 1 aliphatic carbocycles. The number of hydrogen-bond acceptors (Lipinski definition) is 2. The molecule has 0 aromatic carbocycles. The van der Waals surface area contributed by atoms with Crippen LogP contribution in [-0.2, 0) is 9.53 Å². The zero-order valence-electron chi connectivity index (χ0n) is 7.85. The molecule has 0 bridgehead atoms. The molecule has 1 saturated carbocycles. The Morgan fingerprint density at radius 2 is 1.92 bits per heavy atom. The Bertz CT molecular complexity index is 196. The number of ether oxygens (including phenoxy) is 1. The SMILES string of the molecule is CCOC(=O)[C@@]1(C)C[C@@H](F)[C@H]([18F])C1. The molecule has 0 aliphatic heterocycles. The van der Waals surface area contributed by atoms with Crippen LogP contribution in [0, 0.1) is 5.41 Å². The van der Waals surface area contributed by atoms with E-state index < -0.39 is 23.7 Å². The lowest BCUT2D eigenvalue weighted by Crippen LogP contribution is -2.27. The molecule has 2 nitrogen and oxygen atoms in total. The van der Waals surface area contributed by atoms with Crippen LogP contribution in [0.5, 0.6) is 0 Å². The molecule has 3 atom stereocenters. The van der Waals surface area contributed by atoms with Crippen molar-refractivity contribution in [3.63, 3.8) is 0 Å². The Labute approximate surface area is 76.3 Å². The van der Waals surface area contributed by atoms with Crippen molar-refractivity contribution in [3.05, 3.63) is 0 Å². The number of rotatable bonds is 2. The highest BCUT2D eigenvalue weighted by atomic mass is 19.1. The smallest absolute Gasteiger partial charge is 0.311 e. The fourth-order valence-electron chi connectivity index (χ4n) is 1.67. The summed E-state index contributed by atoms with van der Waals surface area (Å²) in [6.07, 6.45) is -3.16. The summed E-state index contributed by atoms with van der Waals surface area (Å²) in [6, 6.07) is 0. The van der Waals surface area contributed by atoms with E-state index in [0.717, 1.165) is 0 Å². The monoisotopic (exact) mass is 191 g/mol. The van der Waals surface area contributed by atoms with Gasteiger partial charge >= 0.3 is 5.97 Å².